The van der Waals surface area contributed by atoms with Crippen LogP contribution in [-0.2, 0) is 13.1 Å². The van der Waals surface area contributed by atoms with Crippen molar-refractivity contribution in [2.75, 3.05) is 7.11 Å². The number of methoxy groups -OCH3 is 1. The molecule has 0 spiro atoms. The number of fused-ring (bicyclic) bond motifs is 2. The van der Waals surface area contributed by atoms with E-state index in [2.05, 4.69) is 15.0 Å². The highest BCUT2D eigenvalue weighted by Crippen LogP contribution is 2.25. The van der Waals surface area contributed by atoms with Crippen LogP contribution >= 0.6 is 0 Å². The smallest absolute Gasteiger partial charge is 0.270 e. The zero-order valence-corrected chi connectivity index (χ0v) is 12.0. The minimum atomic E-state index is -0.0341. The maximum absolute atomic E-state index is 12.7. The topological polar surface area (TPSA) is 71.1 Å². The van der Waals surface area contributed by atoms with Crippen molar-refractivity contribution in [2.45, 2.75) is 13.1 Å². The van der Waals surface area contributed by atoms with Crippen LogP contribution in [0.3, 0.4) is 0 Å². The van der Waals surface area contributed by atoms with Crippen molar-refractivity contribution >= 4 is 16.8 Å². The first kappa shape index (κ1) is 12.8. The number of rotatable bonds is 2. The molecule has 0 radical (unpaired) electrons. The predicted octanol–water partition coefficient (Wildman–Crippen LogP) is 2.12. The lowest BCUT2D eigenvalue weighted by atomic mass is 10.2. The second kappa shape index (κ2) is 4.84. The van der Waals surface area contributed by atoms with E-state index in [1.807, 2.05) is 24.3 Å². The van der Waals surface area contributed by atoms with Crippen LogP contribution in [-0.4, -0.2) is 32.9 Å². The van der Waals surface area contributed by atoms with Gasteiger partial charge in [-0.1, -0.05) is 0 Å². The van der Waals surface area contributed by atoms with Crippen LogP contribution in [0.4, 0.5) is 0 Å². The summed E-state index contributed by atoms with van der Waals surface area (Å²) in [6.45, 7) is 1.07. The SMILES string of the molecule is COc1ccc2cc(C(=O)N3Cc4cncnc4C3)[nH]c2c1. The van der Waals surface area contributed by atoms with Gasteiger partial charge in [0.15, 0.2) is 0 Å². The molecule has 1 aliphatic rings. The highest BCUT2D eigenvalue weighted by molar-refractivity contribution is 5.98. The first-order valence-corrected chi connectivity index (χ1v) is 6.98. The molecule has 0 aliphatic carbocycles. The molecule has 110 valence electrons. The second-order valence-electron chi connectivity index (χ2n) is 5.29. The lowest BCUT2D eigenvalue weighted by Crippen LogP contribution is -2.25. The number of nitrogens with one attached hydrogen (secondary N) is 1. The van der Waals surface area contributed by atoms with Gasteiger partial charge in [-0.15, -0.1) is 0 Å². The molecule has 1 N–H and O–H groups in total. The van der Waals surface area contributed by atoms with Crippen molar-refractivity contribution in [2.24, 2.45) is 0 Å². The van der Waals surface area contributed by atoms with Crippen LogP contribution < -0.4 is 4.74 Å². The minimum Gasteiger partial charge on any atom is -0.497 e. The van der Waals surface area contributed by atoms with Crippen LogP contribution in [0.15, 0.2) is 36.8 Å². The average Bonchev–Trinajstić information content (AvgIpc) is 3.16. The van der Waals surface area contributed by atoms with E-state index in [9.17, 15) is 4.79 Å². The van der Waals surface area contributed by atoms with Gasteiger partial charge in [-0.05, 0) is 18.2 Å². The summed E-state index contributed by atoms with van der Waals surface area (Å²) in [5, 5.41) is 0.987. The van der Waals surface area contributed by atoms with Gasteiger partial charge < -0.3 is 14.6 Å². The van der Waals surface area contributed by atoms with Gasteiger partial charge in [0, 0.05) is 35.3 Å². The zero-order chi connectivity index (χ0) is 15.1. The summed E-state index contributed by atoms with van der Waals surface area (Å²) in [5.41, 5.74) is 3.39. The van der Waals surface area contributed by atoms with Crippen molar-refractivity contribution in [1.82, 2.24) is 19.9 Å². The van der Waals surface area contributed by atoms with E-state index in [4.69, 9.17) is 4.74 Å². The Labute approximate surface area is 126 Å². The average molecular weight is 294 g/mol. The number of nitrogens with zero attached hydrogens (tertiary/aromatic N) is 3. The van der Waals surface area contributed by atoms with Gasteiger partial charge in [0.25, 0.3) is 5.91 Å². The number of H-pyrrole nitrogens is 1. The Balaban J connectivity index is 1.64. The Morgan fingerprint density at radius 2 is 2.23 bits per heavy atom. The van der Waals surface area contributed by atoms with Crippen LogP contribution in [0, 0.1) is 0 Å². The van der Waals surface area contributed by atoms with Crippen LogP contribution in [0.2, 0.25) is 0 Å². The third-order valence-corrected chi connectivity index (χ3v) is 3.93. The molecule has 0 fully saturated rings. The number of ether oxygens (including phenoxy) is 1. The molecular weight excluding hydrogens is 280 g/mol. The van der Waals surface area contributed by atoms with Crippen molar-refractivity contribution in [3.8, 4) is 5.75 Å². The van der Waals surface area contributed by atoms with Crippen molar-refractivity contribution in [3.05, 3.63) is 53.7 Å². The first-order valence-electron chi connectivity index (χ1n) is 6.98. The van der Waals surface area contributed by atoms with Gasteiger partial charge in [-0.3, -0.25) is 4.79 Å². The molecule has 1 amide bonds. The van der Waals surface area contributed by atoms with E-state index in [1.165, 1.54) is 6.33 Å². The summed E-state index contributed by atoms with van der Waals surface area (Å²) in [6.07, 6.45) is 3.29. The summed E-state index contributed by atoms with van der Waals surface area (Å²) in [5.74, 6) is 0.727. The number of hydrogen-bond donors (Lipinski definition) is 1. The van der Waals surface area contributed by atoms with Crippen LogP contribution in [0.1, 0.15) is 21.7 Å². The molecule has 0 atom stereocenters. The van der Waals surface area contributed by atoms with E-state index in [0.29, 0.717) is 18.8 Å². The Morgan fingerprint density at radius 1 is 1.32 bits per heavy atom. The molecule has 6 heteroatoms. The number of hydrogen-bond acceptors (Lipinski definition) is 4. The van der Waals surface area contributed by atoms with E-state index in [-0.39, 0.29) is 5.91 Å². The van der Waals surface area contributed by atoms with E-state index >= 15 is 0 Å². The molecule has 0 bridgehead atoms. The zero-order valence-electron chi connectivity index (χ0n) is 12.0. The fourth-order valence-electron chi connectivity index (χ4n) is 2.76. The Morgan fingerprint density at radius 3 is 3.05 bits per heavy atom. The molecule has 1 aromatic carbocycles. The third-order valence-electron chi connectivity index (χ3n) is 3.93. The maximum Gasteiger partial charge on any atom is 0.270 e. The number of carbonyl (C=O) groups is 1. The van der Waals surface area contributed by atoms with E-state index in [0.717, 1.165) is 27.9 Å². The summed E-state index contributed by atoms with van der Waals surface area (Å²) >= 11 is 0. The molecule has 6 nitrogen and oxygen atoms in total. The van der Waals surface area contributed by atoms with Crippen molar-refractivity contribution in [3.63, 3.8) is 0 Å². The van der Waals surface area contributed by atoms with Gasteiger partial charge in [0.1, 0.15) is 17.8 Å². The van der Waals surface area contributed by atoms with Crippen LogP contribution in [0.5, 0.6) is 5.75 Å². The number of carbonyl (C=O) groups excluding carboxylic acids is 1. The highest BCUT2D eigenvalue weighted by atomic mass is 16.5. The molecule has 0 saturated heterocycles. The molecule has 2 aromatic heterocycles. The standard InChI is InChI=1S/C16H14N4O2/c1-22-12-3-2-10-4-14(19-13(10)5-12)16(21)20-7-11-6-17-9-18-15(11)8-20/h2-6,9,19H,7-8H2,1H3. The lowest BCUT2D eigenvalue weighted by molar-refractivity contribution is 0.0745. The first-order chi connectivity index (χ1) is 10.7. The largest absolute Gasteiger partial charge is 0.497 e. The summed E-state index contributed by atoms with van der Waals surface area (Å²) in [7, 11) is 1.62. The number of aromatic nitrogens is 3. The normalized spacial score (nSPS) is 13.4. The van der Waals surface area contributed by atoms with Gasteiger partial charge in [-0.2, -0.15) is 0 Å². The Bertz CT molecular complexity index is 846. The van der Waals surface area contributed by atoms with Crippen molar-refractivity contribution < 1.29 is 9.53 Å². The Kier molecular flexibility index (Phi) is 2.82. The fourth-order valence-corrected chi connectivity index (χ4v) is 2.76. The van der Waals surface area contributed by atoms with Gasteiger partial charge >= 0.3 is 0 Å². The van der Waals surface area contributed by atoms with Gasteiger partial charge in [-0.25, -0.2) is 9.97 Å². The molecule has 3 aromatic rings. The Hall–Kier alpha value is -2.89. The highest BCUT2D eigenvalue weighted by Gasteiger charge is 2.26. The third kappa shape index (κ3) is 2.00. The molecule has 3 heterocycles. The van der Waals surface area contributed by atoms with E-state index in [1.54, 1.807) is 18.2 Å². The predicted molar refractivity (Wildman–Crippen MR) is 80.5 cm³/mol. The minimum absolute atomic E-state index is 0.0341. The quantitative estimate of drug-likeness (QED) is 0.786. The molecule has 1 aliphatic heterocycles. The summed E-state index contributed by atoms with van der Waals surface area (Å²) in [6, 6.07) is 7.57. The fraction of sp³-hybridized carbons (Fsp3) is 0.188. The number of aromatic amines is 1. The van der Waals surface area contributed by atoms with Gasteiger partial charge in [0.2, 0.25) is 0 Å². The van der Waals surface area contributed by atoms with E-state index < -0.39 is 0 Å². The molecule has 4 rings (SSSR count). The summed E-state index contributed by atoms with van der Waals surface area (Å²) in [4.78, 5) is 25.8. The summed E-state index contributed by atoms with van der Waals surface area (Å²) < 4.78 is 5.20. The molecule has 0 saturated carbocycles. The van der Waals surface area contributed by atoms with Gasteiger partial charge in [0.05, 0.1) is 19.3 Å². The molecule has 0 unspecified atom stereocenters. The maximum atomic E-state index is 12.7. The number of amides is 1. The molecular formula is C16H14N4O2. The van der Waals surface area contributed by atoms with Crippen LogP contribution in [0.25, 0.3) is 10.9 Å². The number of benzene rings is 1. The monoisotopic (exact) mass is 294 g/mol. The van der Waals surface area contributed by atoms with Crippen molar-refractivity contribution in [1.29, 1.82) is 0 Å². The lowest BCUT2D eigenvalue weighted by Gasteiger charge is -2.13. The molecule has 22 heavy (non-hydrogen) atoms. The second-order valence-corrected chi connectivity index (χ2v) is 5.29.